The first-order chi connectivity index (χ1) is 11.0. The molecule has 2 rings (SSSR count). The van der Waals surface area contributed by atoms with Crippen LogP contribution < -0.4 is 10.6 Å². The van der Waals surface area contributed by atoms with Crippen molar-refractivity contribution in [3.63, 3.8) is 0 Å². The van der Waals surface area contributed by atoms with Gasteiger partial charge in [0.25, 0.3) is 0 Å². The van der Waals surface area contributed by atoms with E-state index in [-0.39, 0.29) is 0 Å². The van der Waals surface area contributed by atoms with Gasteiger partial charge in [0.1, 0.15) is 5.76 Å². The number of nitrogens with one attached hydrogen (secondary N) is 2. The third kappa shape index (κ3) is 4.82. The maximum Gasteiger partial charge on any atom is 0.191 e. The second kappa shape index (κ2) is 8.15. The lowest BCUT2D eigenvalue weighted by Crippen LogP contribution is -2.37. The van der Waals surface area contributed by atoms with Crippen LogP contribution in [0.3, 0.4) is 0 Å². The maximum atomic E-state index is 5.19. The molecule has 1 aromatic carbocycles. The van der Waals surface area contributed by atoms with E-state index < -0.39 is 0 Å². The van der Waals surface area contributed by atoms with Gasteiger partial charge in [-0.15, -0.1) is 0 Å². The zero-order valence-corrected chi connectivity index (χ0v) is 15.6. The van der Waals surface area contributed by atoms with E-state index in [4.69, 9.17) is 4.52 Å². The summed E-state index contributed by atoms with van der Waals surface area (Å²) in [5.74, 6) is 1.63. The third-order valence-electron chi connectivity index (χ3n) is 3.67. The quantitative estimate of drug-likeness (QED) is 0.615. The second-order valence-electron chi connectivity index (χ2n) is 5.42. The summed E-state index contributed by atoms with van der Waals surface area (Å²) in [7, 11) is 0. The summed E-state index contributed by atoms with van der Waals surface area (Å²) in [5.41, 5.74) is 4.43. The molecule has 0 unspecified atom stereocenters. The molecule has 1 heterocycles. The molecule has 6 heteroatoms. The van der Waals surface area contributed by atoms with Crippen molar-refractivity contribution >= 4 is 21.9 Å². The number of aliphatic imine (C=N–C) groups is 1. The van der Waals surface area contributed by atoms with E-state index >= 15 is 0 Å². The van der Waals surface area contributed by atoms with Gasteiger partial charge in [-0.2, -0.15) is 0 Å². The zero-order valence-electron chi connectivity index (χ0n) is 14.0. The van der Waals surface area contributed by atoms with Crippen molar-refractivity contribution in [2.45, 2.75) is 40.8 Å². The molecule has 2 aromatic rings. The Morgan fingerprint density at radius 2 is 2.04 bits per heavy atom. The van der Waals surface area contributed by atoms with Gasteiger partial charge in [-0.3, -0.25) is 0 Å². The van der Waals surface area contributed by atoms with Gasteiger partial charge in [-0.1, -0.05) is 27.2 Å². The predicted octanol–water partition coefficient (Wildman–Crippen LogP) is 3.62. The molecule has 0 aliphatic carbocycles. The van der Waals surface area contributed by atoms with Crippen LogP contribution in [-0.4, -0.2) is 17.7 Å². The number of benzene rings is 1. The smallest absolute Gasteiger partial charge is 0.191 e. The van der Waals surface area contributed by atoms with Crippen molar-refractivity contribution in [3.8, 4) is 0 Å². The number of hydrogen-bond donors (Lipinski definition) is 2. The number of hydrogen-bond acceptors (Lipinski definition) is 3. The van der Waals surface area contributed by atoms with Crippen LogP contribution in [0.25, 0.3) is 0 Å². The highest BCUT2D eigenvalue weighted by molar-refractivity contribution is 9.10. The molecule has 0 spiro atoms. The van der Waals surface area contributed by atoms with Gasteiger partial charge in [-0.25, -0.2) is 4.99 Å². The number of rotatable bonds is 5. The first-order valence-corrected chi connectivity index (χ1v) is 8.49. The topological polar surface area (TPSA) is 62.5 Å². The lowest BCUT2D eigenvalue weighted by Gasteiger charge is -2.12. The maximum absolute atomic E-state index is 5.19. The van der Waals surface area contributed by atoms with Crippen molar-refractivity contribution < 1.29 is 4.52 Å². The van der Waals surface area contributed by atoms with E-state index in [1.807, 2.05) is 19.9 Å². The van der Waals surface area contributed by atoms with Crippen molar-refractivity contribution in [1.82, 2.24) is 15.8 Å². The van der Waals surface area contributed by atoms with Crippen LogP contribution in [-0.2, 0) is 13.1 Å². The molecule has 0 radical (unpaired) electrons. The van der Waals surface area contributed by atoms with Crippen LogP contribution in [0.2, 0.25) is 0 Å². The van der Waals surface area contributed by atoms with E-state index in [0.29, 0.717) is 13.1 Å². The Kier molecular flexibility index (Phi) is 6.21. The average Bonchev–Trinajstić information content (AvgIpc) is 2.82. The highest BCUT2D eigenvalue weighted by atomic mass is 79.9. The van der Waals surface area contributed by atoms with Gasteiger partial charge in [-0.05, 0) is 51.0 Å². The van der Waals surface area contributed by atoms with E-state index in [1.165, 1.54) is 11.1 Å². The molecule has 0 saturated carbocycles. The first kappa shape index (κ1) is 17.5. The molecular weight excluding hydrogens is 356 g/mol. The molecule has 5 nitrogen and oxygen atoms in total. The van der Waals surface area contributed by atoms with E-state index in [2.05, 4.69) is 62.7 Å². The molecule has 0 fully saturated rings. The minimum absolute atomic E-state index is 0.635. The Bertz CT molecular complexity index is 674. The van der Waals surface area contributed by atoms with E-state index in [1.54, 1.807) is 0 Å². The van der Waals surface area contributed by atoms with Gasteiger partial charge in [0.2, 0.25) is 0 Å². The third-order valence-corrected chi connectivity index (χ3v) is 4.16. The Hall–Kier alpha value is -1.82. The number of aryl methyl sites for hydroxylation is 3. The monoisotopic (exact) mass is 378 g/mol. The van der Waals surface area contributed by atoms with Crippen molar-refractivity contribution in [3.05, 3.63) is 50.8 Å². The highest BCUT2D eigenvalue weighted by Gasteiger charge is 2.09. The molecule has 0 saturated heterocycles. The summed E-state index contributed by atoms with van der Waals surface area (Å²) in [6, 6.07) is 6.25. The summed E-state index contributed by atoms with van der Waals surface area (Å²) >= 11 is 3.49. The number of guanidine groups is 1. The van der Waals surface area contributed by atoms with Gasteiger partial charge < -0.3 is 15.2 Å². The van der Waals surface area contributed by atoms with Crippen molar-refractivity contribution in [2.75, 3.05) is 6.54 Å². The minimum atomic E-state index is 0.635. The van der Waals surface area contributed by atoms with Gasteiger partial charge in [0, 0.05) is 23.1 Å². The Balaban J connectivity index is 2.05. The molecule has 0 atom stereocenters. The van der Waals surface area contributed by atoms with Crippen LogP contribution in [0.15, 0.2) is 32.2 Å². The first-order valence-electron chi connectivity index (χ1n) is 7.70. The van der Waals surface area contributed by atoms with Crippen molar-refractivity contribution in [1.29, 1.82) is 0 Å². The van der Waals surface area contributed by atoms with Crippen LogP contribution in [0, 0.1) is 20.8 Å². The lowest BCUT2D eigenvalue weighted by molar-refractivity contribution is 0.392. The Labute approximate surface area is 145 Å². The normalized spacial score (nSPS) is 11.6. The molecule has 124 valence electrons. The fourth-order valence-corrected chi connectivity index (χ4v) is 2.74. The predicted molar refractivity (Wildman–Crippen MR) is 96.5 cm³/mol. The number of halogens is 1. The van der Waals surface area contributed by atoms with Crippen LogP contribution in [0.4, 0.5) is 0 Å². The summed E-state index contributed by atoms with van der Waals surface area (Å²) in [6.07, 6.45) is 0. The molecule has 0 amide bonds. The zero-order chi connectivity index (χ0) is 16.8. The summed E-state index contributed by atoms with van der Waals surface area (Å²) in [5, 5.41) is 10.6. The van der Waals surface area contributed by atoms with Gasteiger partial charge in [0.05, 0.1) is 12.2 Å². The fourth-order valence-electron chi connectivity index (χ4n) is 2.27. The Morgan fingerprint density at radius 3 is 2.65 bits per heavy atom. The Morgan fingerprint density at radius 1 is 1.26 bits per heavy atom. The molecule has 2 N–H and O–H groups in total. The fraction of sp³-hybridized carbons (Fsp3) is 0.412. The molecule has 0 bridgehead atoms. The van der Waals surface area contributed by atoms with Gasteiger partial charge >= 0.3 is 0 Å². The van der Waals surface area contributed by atoms with Crippen molar-refractivity contribution in [2.24, 2.45) is 4.99 Å². The molecule has 0 aliphatic heterocycles. The summed E-state index contributed by atoms with van der Waals surface area (Å²) in [6.45, 7) is 10.1. The van der Waals surface area contributed by atoms with Crippen LogP contribution in [0.1, 0.15) is 35.1 Å². The molecule has 1 aromatic heterocycles. The SMILES string of the molecule is CCNC(=NCc1ccc(Br)cc1C)NCc1c(C)noc1C. The molecular formula is C17H23BrN4O. The largest absolute Gasteiger partial charge is 0.361 e. The summed E-state index contributed by atoms with van der Waals surface area (Å²) < 4.78 is 6.28. The van der Waals surface area contributed by atoms with E-state index in [9.17, 15) is 0 Å². The standard InChI is InChI=1S/C17H23BrN4O/c1-5-19-17(21-10-16-12(3)22-23-13(16)4)20-9-14-6-7-15(18)8-11(14)2/h6-8H,5,9-10H2,1-4H3,(H2,19,20,21). The second-order valence-corrected chi connectivity index (χ2v) is 6.34. The summed E-state index contributed by atoms with van der Waals surface area (Å²) in [4.78, 5) is 4.66. The molecule has 0 aliphatic rings. The van der Waals surface area contributed by atoms with Crippen LogP contribution >= 0.6 is 15.9 Å². The average molecular weight is 379 g/mol. The van der Waals surface area contributed by atoms with Gasteiger partial charge in [0.15, 0.2) is 5.96 Å². The number of nitrogens with zero attached hydrogens (tertiary/aromatic N) is 2. The van der Waals surface area contributed by atoms with E-state index in [0.717, 1.165) is 34.0 Å². The lowest BCUT2D eigenvalue weighted by atomic mass is 10.1. The highest BCUT2D eigenvalue weighted by Crippen LogP contribution is 2.16. The minimum Gasteiger partial charge on any atom is -0.361 e. The van der Waals surface area contributed by atoms with Crippen LogP contribution in [0.5, 0.6) is 0 Å². The number of aromatic nitrogens is 1. The molecule has 23 heavy (non-hydrogen) atoms.